The molecule has 156 valence electrons. The van der Waals surface area contributed by atoms with Crippen LogP contribution in [0.2, 0.25) is 0 Å². The summed E-state index contributed by atoms with van der Waals surface area (Å²) in [6.07, 6.45) is 0.518. The van der Waals surface area contributed by atoms with Gasteiger partial charge in [-0.05, 0) is 35.1 Å². The van der Waals surface area contributed by atoms with Crippen molar-refractivity contribution >= 4 is 23.1 Å². The maximum absolute atomic E-state index is 13.5. The maximum Gasteiger partial charge on any atom is 0.317 e. The summed E-state index contributed by atoms with van der Waals surface area (Å²) in [5, 5.41) is 10.5. The molecule has 0 amide bonds. The second-order valence-corrected chi connectivity index (χ2v) is 8.52. The smallest absolute Gasteiger partial charge is 0.317 e. The number of hydrogen-bond acceptors (Lipinski definition) is 5. The van der Waals surface area contributed by atoms with Crippen LogP contribution in [0.4, 0.5) is 0 Å². The first-order valence-corrected chi connectivity index (χ1v) is 10.0. The van der Waals surface area contributed by atoms with Crippen LogP contribution in [0.3, 0.4) is 0 Å². The van der Waals surface area contributed by atoms with E-state index in [4.69, 9.17) is 9.47 Å². The van der Waals surface area contributed by atoms with Crippen LogP contribution in [-0.2, 0) is 19.1 Å². The summed E-state index contributed by atoms with van der Waals surface area (Å²) in [6.45, 7) is 1.61. The summed E-state index contributed by atoms with van der Waals surface area (Å²) in [4.78, 5) is 26.8. The fraction of sp³-hybridized carbons (Fsp3) is 0.360. The predicted octanol–water partition coefficient (Wildman–Crippen LogP) is 3.72. The average Bonchev–Trinajstić information content (AvgIpc) is 3.26. The molecule has 1 saturated carbocycles. The molecule has 30 heavy (non-hydrogen) atoms. The van der Waals surface area contributed by atoms with E-state index in [0.29, 0.717) is 6.42 Å². The second-order valence-electron chi connectivity index (χ2n) is 8.52. The molecule has 0 aromatic heterocycles. The van der Waals surface area contributed by atoms with Gasteiger partial charge >= 0.3 is 11.9 Å². The molecule has 2 bridgehead atoms. The summed E-state index contributed by atoms with van der Waals surface area (Å²) in [5.74, 6) is -0.827. The highest BCUT2D eigenvalue weighted by molar-refractivity contribution is 6.15. The normalized spacial score (nSPS) is 29.7. The van der Waals surface area contributed by atoms with E-state index in [1.165, 1.54) is 14.2 Å². The Balaban J connectivity index is 2.17. The zero-order chi connectivity index (χ0) is 21.6. The number of carbonyl (C=O) groups excluding carboxylic acids is 2. The van der Waals surface area contributed by atoms with Crippen molar-refractivity contribution in [1.82, 2.24) is 0 Å². The highest BCUT2D eigenvalue weighted by atomic mass is 16.5. The van der Waals surface area contributed by atoms with Crippen LogP contribution < -0.4 is 0 Å². The molecule has 5 nitrogen and oxygen atoms in total. The standard InChI is InChI=1S/C25H26O5/c1-23(16-26)14-24(21(27)29-2)15-25(23,22(28)30-3)20(18-12-8-5-9-13-18)19(24)17-10-6-4-7-11-17/h4-13,26H,14-16H2,1-3H3/t23-,24+,25+/m1/s1. The van der Waals surface area contributed by atoms with Gasteiger partial charge in [0.25, 0.3) is 0 Å². The molecule has 4 rings (SSSR count). The number of benzene rings is 2. The topological polar surface area (TPSA) is 72.8 Å². The highest BCUT2D eigenvalue weighted by Crippen LogP contribution is 2.76. The molecular formula is C25H26O5. The maximum atomic E-state index is 13.5. The van der Waals surface area contributed by atoms with E-state index in [2.05, 4.69) is 0 Å². The lowest BCUT2D eigenvalue weighted by molar-refractivity contribution is -0.155. The minimum atomic E-state index is -1.17. The number of rotatable bonds is 5. The third-order valence-corrected chi connectivity index (χ3v) is 7.03. The quantitative estimate of drug-likeness (QED) is 0.766. The Kier molecular flexibility index (Phi) is 4.82. The predicted molar refractivity (Wildman–Crippen MR) is 113 cm³/mol. The first kappa shape index (κ1) is 20.4. The number of carbonyl (C=O) groups is 2. The summed E-state index contributed by atoms with van der Waals surface area (Å²) in [6, 6.07) is 19.2. The van der Waals surface area contributed by atoms with Gasteiger partial charge in [0.05, 0.1) is 19.6 Å². The Morgan fingerprint density at radius 3 is 1.80 bits per heavy atom. The molecule has 3 atom stereocenters. The second kappa shape index (κ2) is 7.10. The van der Waals surface area contributed by atoms with Crippen molar-refractivity contribution < 1.29 is 24.2 Å². The van der Waals surface area contributed by atoms with Gasteiger partial charge in [-0.3, -0.25) is 9.59 Å². The summed E-state index contributed by atoms with van der Waals surface area (Å²) in [5.41, 5.74) is 0.147. The third kappa shape index (κ3) is 2.45. The molecule has 2 aromatic carbocycles. The van der Waals surface area contributed by atoms with Crippen molar-refractivity contribution in [2.75, 3.05) is 20.8 Å². The van der Waals surface area contributed by atoms with Crippen molar-refractivity contribution in [3.63, 3.8) is 0 Å². The van der Waals surface area contributed by atoms with Gasteiger partial charge in [-0.15, -0.1) is 0 Å². The van der Waals surface area contributed by atoms with E-state index < -0.39 is 28.2 Å². The van der Waals surface area contributed by atoms with Gasteiger partial charge in [-0.2, -0.15) is 0 Å². The number of hydrogen-bond donors (Lipinski definition) is 1. The molecule has 0 saturated heterocycles. The van der Waals surface area contributed by atoms with Gasteiger partial charge in [-0.1, -0.05) is 67.6 Å². The van der Waals surface area contributed by atoms with Crippen molar-refractivity contribution in [1.29, 1.82) is 0 Å². The molecule has 0 radical (unpaired) electrons. The van der Waals surface area contributed by atoms with Crippen molar-refractivity contribution in [2.24, 2.45) is 16.2 Å². The molecule has 0 spiro atoms. The van der Waals surface area contributed by atoms with Crippen LogP contribution in [0.25, 0.3) is 11.1 Å². The molecule has 2 aliphatic rings. The minimum Gasteiger partial charge on any atom is -0.468 e. The van der Waals surface area contributed by atoms with E-state index in [-0.39, 0.29) is 13.0 Å². The Bertz CT molecular complexity index is 1010. The molecule has 1 N–H and O–H groups in total. The molecule has 2 aromatic rings. The van der Waals surface area contributed by atoms with Crippen LogP contribution in [0.5, 0.6) is 0 Å². The fourth-order valence-electron chi connectivity index (χ4n) is 5.81. The van der Waals surface area contributed by atoms with E-state index in [9.17, 15) is 14.7 Å². The largest absolute Gasteiger partial charge is 0.468 e. The molecule has 0 aliphatic heterocycles. The van der Waals surface area contributed by atoms with Crippen LogP contribution in [0.15, 0.2) is 60.7 Å². The Morgan fingerprint density at radius 2 is 1.33 bits per heavy atom. The summed E-state index contributed by atoms with van der Waals surface area (Å²) < 4.78 is 10.6. The molecular weight excluding hydrogens is 380 g/mol. The van der Waals surface area contributed by atoms with Crippen molar-refractivity contribution in [3.8, 4) is 0 Å². The van der Waals surface area contributed by atoms with Gasteiger partial charge in [0, 0.05) is 12.0 Å². The van der Waals surface area contributed by atoms with Gasteiger partial charge < -0.3 is 14.6 Å². The molecule has 0 unspecified atom stereocenters. The van der Waals surface area contributed by atoms with Crippen molar-refractivity contribution in [2.45, 2.75) is 19.8 Å². The molecule has 2 aliphatic carbocycles. The van der Waals surface area contributed by atoms with Crippen LogP contribution in [-0.4, -0.2) is 37.9 Å². The Hall–Kier alpha value is -2.92. The number of ether oxygens (including phenoxy) is 2. The van der Waals surface area contributed by atoms with Crippen LogP contribution in [0.1, 0.15) is 30.9 Å². The zero-order valence-electron chi connectivity index (χ0n) is 17.5. The van der Waals surface area contributed by atoms with E-state index in [1.54, 1.807) is 0 Å². The fourth-order valence-corrected chi connectivity index (χ4v) is 5.81. The first-order chi connectivity index (χ1) is 14.4. The first-order valence-electron chi connectivity index (χ1n) is 10.0. The summed E-state index contributed by atoms with van der Waals surface area (Å²) >= 11 is 0. The number of fused-ring (bicyclic) bond motifs is 2. The van der Waals surface area contributed by atoms with Crippen LogP contribution >= 0.6 is 0 Å². The number of esters is 2. The molecule has 0 heterocycles. The number of aliphatic hydroxyl groups excluding tert-OH is 1. The minimum absolute atomic E-state index is 0.213. The molecule has 5 heteroatoms. The van der Waals surface area contributed by atoms with Gasteiger partial charge in [0.15, 0.2) is 0 Å². The van der Waals surface area contributed by atoms with E-state index >= 15 is 0 Å². The SMILES string of the molecule is COC(=O)[C@@]12C[C@](C)(CO)[C@@](C(=O)OC)(C1)C(c1ccccc1)=C2c1ccccc1. The average molecular weight is 406 g/mol. The number of aliphatic hydroxyl groups is 1. The summed E-state index contributed by atoms with van der Waals surface area (Å²) in [7, 11) is 2.73. The van der Waals surface area contributed by atoms with Gasteiger partial charge in [0.2, 0.25) is 0 Å². The molecule has 1 fully saturated rings. The van der Waals surface area contributed by atoms with E-state index in [0.717, 1.165) is 22.3 Å². The van der Waals surface area contributed by atoms with E-state index in [1.807, 2.05) is 67.6 Å². The lowest BCUT2D eigenvalue weighted by Crippen LogP contribution is -2.47. The van der Waals surface area contributed by atoms with Gasteiger partial charge in [0.1, 0.15) is 5.41 Å². The number of methoxy groups -OCH3 is 2. The monoisotopic (exact) mass is 406 g/mol. The van der Waals surface area contributed by atoms with Crippen LogP contribution in [0, 0.1) is 16.2 Å². The Labute approximate surface area is 176 Å². The highest BCUT2D eigenvalue weighted by Gasteiger charge is 2.75. The van der Waals surface area contributed by atoms with Gasteiger partial charge in [-0.25, -0.2) is 0 Å². The third-order valence-electron chi connectivity index (χ3n) is 7.03. The lowest BCUT2D eigenvalue weighted by atomic mass is 9.58. The Morgan fingerprint density at radius 1 is 0.833 bits per heavy atom. The van der Waals surface area contributed by atoms with Crippen molar-refractivity contribution in [3.05, 3.63) is 71.8 Å². The lowest BCUT2D eigenvalue weighted by Gasteiger charge is -2.44. The zero-order valence-corrected chi connectivity index (χ0v) is 17.5.